The lowest BCUT2D eigenvalue weighted by atomic mass is 10.2. The van der Waals surface area contributed by atoms with E-state index in [4.69, 9.17) is 0 Å². The Balaban J connectivity index is 0.00000121. The van der Waals surface area contributed by atoms with E-state index in [-0.39, 0.29) is 24.8 Å². The predicted octanol–water partition coefficient (Wildman–Crippen LogP) is 3.45. The minimum absolute atomic E-state index is 0. The van der Waals surface area contributed by atoms with Gasteiger partial charge in [-0.25, -0.2) is 0 Å². The monoisotopic (exact) mass is 341 g/mol. The highest BCUT2D eigenvalue weighted by Crippen LogP contribution is 2.27. The molecule has 1 unspecified atom stereocenters. The normalized spacial score (nSPS) is 12.0. The molecule has 1 atom stereocenters. The summed E-state index contributed by atoms with van der Waals surface area (Å²) in [5.74, 6) is 0. The van der Waals surface area contributed by atoms with Crippen LogP contribution in [-0.2, 0) is 0 Å². The van der Waals surface area contributed by atoms with Crippen LogP contribution in [0.25, 0.3) is 16.6 Å². The van der Waals surface area contributed by atoms with E-state index in [2.05, 4.69) is 72.0 Å². The van der Waals surface area contributed by atoms with Crippen molar-refractivity contribution in [3.8, 4) is 5.69 Å². The number of hydrogen-bond donors (Lipinski definition) is 0. The molecule has 0 saturated carbocycles. The van der Waals surface area contributed by atoms with Crippen LogP contribution in [0.1, 0.15) is 18.7 Å². The average molecular weight is 342 g/mol. The lowest BCUT2D eigenvalue weighted by Gasteiger charge is -2.22. The second-order valence-corrected chi connectivity index (χ2v) is 5.39. The Bertz CT molecular complexity index is 734. The molecule has 2 heterocycles. The highest BCUT2D eigenvalue weighted by atomic mass is 35.5. The van der Waals surface area contributed by atoms with Crippen molar-refractivity contribution in [1.29, 1.82) is 0 Å². The van der Waals surface area contributed by atoms with E-state index in [1.807, 2.05) is 4.57 Å². The maximum atomic E-state index is 3.87. The molecule has 0 aliphatic rings. The van der Waals surface area contributed by atoms with Crippen LogP contribution in [0.3, 0.4) is 0 Å². The molecule has 1 aromatic carbocycles. The summed E-state index contributed by atoms with van der Waals surface area (Å²) in [5, 5.41) is 9.02. The number of aromatic nitrogens is 4. The standard InChI is InChI=1S/C15H19N5.2ClH/c1-11-8-20(12(2)18(3)4)15-7-13(5-6-14(11)15)19-9-16-17-10-19;;/h5-10,12H,1-4H3;2*1H. The third-order valence-electron chi connectivity index (χ3n) is 3.88. The van der Waals surface area contributed by atoms with Gasteiger partial charge in [-0.1, -0.05) is 6.07 Å². The molecular formula is C15H21Cl2N5. The quantitative estimate of drug-likeness (QED) is 0.732. The number of nitrogens with zero attached hydrogens (tertiary/aromatic N) is 5. The second-order valence-electron chi connectivity index (χ2n) is 5.39. The number of halogens is 2. The summed E-state index contributed by atoms with van der Waals surface area (Å²) in [6.45, 7) is 4.35. The number of benzene rings is 1. The van der Waals surface area contributed by atoms with Crippen molar-refractivity contribution < 1.29 is 0 Å². The number of aryl methyl sites for hydroxylation is 1. The molecule has 0 aliphatic carbocycles. The average Bonchev–Trinajstić information content (AvgIpc) is 3.06. The highest BCUT2D eigenvalue weighted by Gasteiger charge is 2.13. The van der Waals surface area contributed by atoms with E-state index in [0.29, 0.717) is 6.17 Å². The van der Waals surface area contributed by atoms with Crippen LogP contribution in [0.5, 0.6) is 0 Å². The summed E-state index contributed by atoms with van der Waals surface area (Å²) in [6.07, 6.45) is 5.96. The maximum absolute atomic E-state index is 3.87. The van der Waals surface area contributed by atoms with Gasteiger partial charge in [-0.15, -0.1) is 35.0 Å². The van der Waals surface area contributed by atoms with Gasteiger partial charge in [0.1, 0.15) is 12.7 Å². The molecule has 22 heavy (non-hydrogen) atoms. The fraction of sp³-hybridized carbons (Fsp3) is 0.333. The molecule has 0 saturated heterocycles. The van der Waals surface area contributed by atoms with Crippen molar-refractivity contribution in [1.82, 2.24) is 24.2 Å². The number of rotatable bonds is 3. The first-order valence-corrected chi connectivity index (χ1v) is 6.70. The first-order valence-electron chi connectivity index (χ1n) is 6.70. The second kappa shape index (κ2) is 7.13. The predicted molar refractivity (Wildman–Crippen MR) is 94.5 cm³/mol. The van der Waals surface area contributed by atoms with Crippen molar-refractivity contribution in [3.05, 3.63) is 42.6 Å². The zero-order chi connectivity index (χ0) is 14.3. The summed E-state index contributed by atoms with van der Waals surface area (Å²) in [4.78, 5) is 2.20. The smallest absolute Gasteiger partial charge is 0.123 e. The Morgan fingerprint density at radius 3 is 2.32 bits per heavy atom. The Kier molecular flexibility index (Phi) is 6.00. The van der Waals surface area contributed by atoms with Gasteiger partial charge >= 0.3 is 0 Å². The van der Waals surface area contributed by atoms with E-state index in [1.54, 1.807) is 12.7 Å². The summed E-state index contributed by atoms with van der Waals surface area (Å²) >= 11 is 0. The zero-order valence-corrected chi connectivity index (χ0v) is 14.7. The Labute approximate surface area is 142 Å². The van der Waals surface area contributed by atoms with Crippen LogP contribution < -0.4 is 0 Å². The van der Waals surface area contributed by atoms with E-state index in [0.717, 1.165) is 5.69 Å². The fourth-order valence-electron chi connectivity index (χ4n) is 2.47. The van der Waals surface area contributed by atoms with Crippen molar-refractivity contribution in [3.63, 3.8) is 0 Å². The molecule has 0 N–H and O–H groups in total. The summed E-state index contributed by atoms with van der Waals surface area (Å²) in [6, 6.07) is 6.45. The van der Waals surface area contributed by atoms with Gasteiger partial charge in [0.2, 0.25) is 0 Å². The van der Waals surface area contributed by atoms with Gasteiger partial charge in [-0.2, -0.15) is 0 Å². The maximum Gasteiger partial charge on any atom is 0.123 e. The molecule has 5 nitrogen and oxygen atoms in total. The molecule has 2 aromatic heterocycles. The van der Waals surface area contributed by atoms with Gasteiger partial charge < -0.3 is 4.57 Å². The van der Waals surface area contributed by atoms with Crippen LogP contribution >= 0.6 is 24.8 Å². The molecule has 0 spiro atoms. The molecule has 0 radical (unpaired) electrons. The molecule has 0 amide bonds. The molecule has 3 rings (SSSR count). The molecule has 0 bridgehead atoms. The first-order chi connectivity index (χ1) is 9.58. The van der Waals surface area contributed by atoms with E-state index < -0.39 is 0 Å². The van der Waals surface area contributed by atoms with Crippen LogP contribution in [-0.4, -0.2) is 38.3 Å². The lowest BCUT2D eigenvalue weighted by Crippen LogP contribution is -2.22. The van der Waals surface area contributed by atoms with Gasteiger partial charge in [-0.3, -0.25) is 9.47 Å². The SMILES string of the molecule is Cc1cn(C(C)N(C)C)c2cc(-n3cnnc3)ccc12.Cl.Cl. The summed E-state index contributed by atoms with van der Waals surface area (Å²) in [7, 11) is 4.19. The minimum Gasteiger partial charge on any atom is -0.331 e. The van der Waals surface area contributed by atoms with Gasteiger partial charge in [0.05, 0.1) is 17.4 Å². The van der Waals surface area contributed by atoms with Gasteiger partial charge in [0, 0.05) is 11.6 Å². The van der Waals surface area contributed by atoms with Crippen molar-refractivity contribution in [2.45, 2.75) is 20.0 Å². The molecule has 7 heteroatoms. The Hall–Kier alpha value is -1.56. The van der Waals surface area contributed by atoms with Crippen molar-refractivity contribution >= 4 is 35.7 Å². The van der Waals surface area contributed by atoms with Crippen molar-refractivity contribution in [2.75, 3.05) is 14.1 Å². The van der Waals surface area contributed by atoms with Gasteiger partial charge in [0.15, 0.2) is 0 Å². The minimum atomic E-state index is 0. The fourth-order valence-corrected chi connectivity index (χ4v) is 2.47. The lowest BCUT2D eigenvalue weighted by molar-refractivity contribution is 0.244. The molecule has 120 valence electrons. The zero-order valence-electron chi connectivity index (χ0n) is 13.1. The van der Waals surface area contributed by atoms with Gasteiger partial charge in [-0.05, 0) is 45.6 Å². The topological polar surface area (TPSA) is 38.9 Å². The van der Waals surface area contributed by atoms with E-state index in [1.165, 1.54) is 16.5 Å². The van der Waals surface area contributed by atoms with Gasteiger partial charge in [0.25, 0.3) is 0 Å². The van der Waals surface area contributed by atoms with E-state index in [9.17, 15) is 0 Å². The molecule has 0 aliphatic heterocycles. The van der Waals surface area contributed by atoms with Crippen LogP contribution in [0.4, 0.5) is 0 Å². The third kappa shape index (κ3) is 3.11. The summed E-state index contributed by atoms with van der Waals surface area (Å²) in [5.41, 5.74) is 3.60. The molecular weight excluding hydrogens is 321 g/mol. The molecule has 3 aromatic rings. The largest absolute Gasteiger partial charge is 0.331 e. The Morgan fingerprint density at radius 2 is 1.73 bits per heavy atom. The number of hydrogen-bond acceptors (Lipinski definition) is 3. The first kappa shape index (κ1) is 18.5. The van der Waals surface area contributed by atoms with Crippen LogP contribution in [0.2, 0.25) is 0 Å². The van der Waals surface area contributed by atoms with E-state index >= 15 is 0 Å². The van der Waals surface area contributed by atoms with Crippen LogP contribution in [0, 0.1) is 6.92 Å². The number of fused-ring (bicyclic) bond motifs is 1. The van der Waals surface area contributed by atoms with Crippen LogP contribution in [0.15, 0.2) is 37.1 Å². The summed E-state index contributed by atoms with van der Waals surface area (Å²) < 4.78 is 4.23. The van der Waals surface area contributed by atoms with Crippen molar-refractivity contribution in [2.24, 2.45) is 0 Å². The Morgan fingerprint density at radius 1 is 1.09 bits per heavy atom. The highest BCUT2D eigenvalue weighted by molar-refractivity contribution is 5.86. The molecule has 0 fully saturated rings. The third-order valence-corrected chi connectivity index (χ3v) is 3.88.